The number of nitrogens with two attached hydrogens (primary N) is 1. The molecule has 2 N–H and O–H groups in total. The summed E-state index contributed by atoms with van der Waals surface area (Å²) in [4.78, 5) is 2.52. The maximum absolute atomic E-state index is 5.89. The summed E-state index contributed by atoms with van der Waals surface area (Å²) in [5, 5.41) is 0. The average molecular weight is 353 g/mol. The van der Waals surface area contributed by atoms with Crippen LogP contribution in [0.25, 0.3) is 0 Å². The Bertz CT molecular complexity index is 469. The van der Waals surface area contributed by atoms with Gasteiger partial charge in [-0.3, -0.25) is 0 Å². The highest BCUT2D eigenvalue weighted by molar-refractivity contribution is 9.10. The Labute approximate surface area is 138 Å². The van der Waals surface area contributed by atoms with Gasteiger partial charge in [0.25, 0.3) is 0 Å². The minimum absolute atomic E-state index is 0.213. The quantitative estimate of drug-likeness (QED) is 0.860. The third kappa shape index (κ3) is 4.46. The van der Waals surface area contributed by atoms with E-state index in [0.717, 1.165) is 25.4 Å². The molecule has 1 aliphatic rings. The second-order valence-electron chi connectivity index (χ2n) is 7.59. The van der Waals surface area contributed by atoms with Crippen LogP contribution in [0.15, 0.2) is 22.7 Å². The molecule has 21 heavy (non-hydrogen) atoms. The molecule has 0 saturated carbocycles. The van der Waals surface area contributed by atoms with E-state index in [1.165, 1.54) is 28.6 Å². The number of rotatable bonds is 3. The Morgan fingerprint density at radius 2 is 1.90 bits per heavy atom. The smallest absolute Gasteiger partial charge is 0.0510 e. The third-order valence-corrected chi connectivity index (χ3v) is 5.27. The predicted molar refractivity (Wildman–Crippen MR) is 95.9 cm³/mol. The highest BCUT2D eigenvalue weighted by atomic mass is 79.9. The van der Waals surface area contributed by atoms with Gasteiger partial charge in [0.2, 0.25) is 0 Å². The number of anilines is 1. The zero-order valence-electron chi connectivity index (χ0n) is 13.8. The standard InChI is InChI=1S/C18H29BrN2/c1-13(20)11-14-5-6-17(16(19)12-14)21-9-7-15(8-10-21)18(2,3)4/h5-6,12-13,15H,7-11,20H2,1-4H3. The molecule has 1 unspecified atom stereocenters. The number of piperidine rings is 1. The maximum atomic E-state index is 5.89. The first-order valence-electron chi connectivity index (χ1n) is 8.06. The molecule has 118 valence electrons. The van der Waals surface area contributed by atoms with Crippen LogP contribution in [0.5, 0.6) is 0 Å². The third-order valence-electron chi connectivity index (χ3n) is 4.63. The normalized spacial score (nSPS) is 18.9. The van der Waals surface area contributed by atoms with Gasteiger partial charge in [0.15, 0.2) is 0 Å². The molecule has 2 rings (SSSR count). The lowest BCUT2D eigenvalue weighted by Crippen LogP contribution is -2.38. The SMILES string of the molecule is CC(N)Cc1ccc(N2CCC(C(C)(C)C)CC2)c(Br)c1. The largest absolute Gasteiger partial charge is 0.371 e. The Kier molecular flexibility index (Phi) is 5.37. The molecule has 1 aromatic rings. The van der Waals surface area contributed by atoms with Gasteiger partial charge in [-0.05, 0) is 71.1 Å². The molecule has 1 saturated heterocycles. The molecule has 3 heteroatoms. The van der Waals surface area contributed by atoms with Gasteiger partial charge in [0.1, 0.15) is 0 Å². The molecule has 0 spiro atoms. The number of halogens is 1. The number of benzene rings is 1. The summed E-state index contributed by atoms with van der Waals surface area (Å²) in [5.41, 5.74) is 8.96. The minimum Gasteiger partial charge on any atom is -0.371 e. The van der Waals surface area contributed by atoms with Gasteiger partial charge < -0.3 is 10.6 Å². The highest BCUT2D eigenvalue weighted by Gasteiger charge is 2.29. The number of hydrogen-bond acceptors (Lipinski definition) is 2. The van der Waals surface area contributed by atoms with Crippen molar-refractivity contribution < 1.29 is 0 Å². The zero-order chi connectivity index (χ0) is 15.6. The predicted octanol–water partition coefficient (Wildman–Crippen LogP) is 4.60. The Hall–Kier alpha value is -0.540. The van der Waals surface area contributed by atoms with Crippen LogP contribution in [0.2, 0.25) is 0 Å². The van der Waals surface area contributed by atoms with Crippen molar-refractivity contribution in [1.29, 1.82) is 0 Å². The van der Waals surface area contributed by atoms with Crippen LogP contribution in [0.1, 0.15) is 46.1 Å². The number of hydrogen-bond donors (Lipinski definition) is 1. The Morgan fingerprint density at radius 3 is 2.38 bits per heavy atom. The second-order valence-corrected chi connectivity index (χ2v) is 8.45. The molecule has 1 aliphatic heterocycles. The maximum Gasteiger partial charge on any atom is 0.0510 e. The Balaban J connectivity index is 2.04. The molecule has 1 fully saturated rings. The van der Waals surface area contributed by atoms with Gasteiger partial charge in [-0.1, -0.05) is 26.8 Å². The van der Waals surface area contributed by atoms with E-state index in [-0.39, 0.29) is 6.04 Å². The number of nitrogens with zero attached hydrogens (tertiary/aromatic N) is 1. The molecule has 1 heterocycles. The summed E-state index contributed by atoms with van der Waals surface area (Å²) in [5.74, 6) is 0.838. The fraction of sp³-hybridized carbons (Fsp3) is 0.667. The van der Waals surface area contributed by atoms with Crippen molar-refractivity contribution in [3.63, 3.8) is 0 Å². The molecule has 0 amide bonds. The van der Waals surface area contributed by atoms with Crippen LogP contribution in [0.3, 0.4) is 0 Å². The van der Waals surface area contributed by atoms with Crippen molar-refractivity contribution in [1.82, 2.24) is 0 Å². The van der Waals surface area contributed by atoms with Gasteiger partial charge in [-0.25, -0.2) is 0 Å². The highest BCUT2D eigenvalue weighted by Crippen LogP contribution is 2.37. The van der Waals surface area contributed by atoms with E-state index in [0.29, 0.717) is 5.41 Å². The summed E-state index contributed by atoms with van der Waals surface area (Å²) in [6.45, 7) is 11.5. The van der Waals surface area contributed by atoms with Gasteiger partial charge in [-0.2, -0.15) is 0 Å². The van der Waals surface area contributed by atoms with Gasteiger partial charge in [-0.15, -0.1) is 0 Å². The van der Waals surface area contributed by atoms with Crippen LogP contribution >= 0.6 is 15.9 Å². The second kappa shape index (κ2) is 6.70. The van der Waals surface area contributed by atoms with E-state index in [9.17, 15) is 0 Å². The van der Waals surface area contributed by atoms with Crippen LogP contribution in [-0.4, -0.2) is 19.1 Å². The molecule has 0 aromatic heterocycles. The molecule has 0 radical (unpaired) electrons. The monoisotopic (exact) mass is 352 g/mol. The first kappa shape index (κ1) is 16.8. The molecule has 2 nitrogen and oxygen atoms in total. The lowest BCUT2D eigenvalue weighted by Gasteiger charge is -2.40. The van der Waals surface area contributed by atoms with Gasteiger partial charge >= 0.3 is 0 Å². The fourth-order valence-corrected chi connectivity index (χ4v) is 3.97. The van der Waals surface area contributed by atoms with E-state index in [1.54, 1.807) is 0 Å². The lowest BCUT2D eigenvalue weighted by molar-refractivity contribution is 0.199. The summed E-state index contributed by atoms with van der Waals surface area (Å²) >= 11 is 3.74. The Morgan fingerprint density at radius 1 is 1.29 bits per heavy atom. The molecular formula is C18H29BrN2. The van der Waals surface area contributed by atoms with E-state index in [2.05, 4.69) is 66.7 Å². The zero-order valence-corrected chi connectivity index (χ0v) is 15.4. The van der Waals surface area contributed by atoms with E-state index in [4.69, 9.17) is 5.73 Å². The molecular weight excluding hydrogens is 324 g/mol. The van der Waals surface area contributed by atoms with Crippen molar-refractivity contribution in [3.05, 3.63) is 28.2 Å². The van der Waals surface area contributed by atoms with Crippen molar-refractivity contribution in [2.75, 3.05) is 18.0 Å². The average Bonchev–Trinajstić information content (AvgIpc) is 2.37. The van der Waals surface area contributed by atoms with Gasteiger partial charge in [0.05, 0.1) is 5.69 Å². The summed E-state index contributed by atoms with van der Waals surface area (Å²) in [7, 11) is 0. The topological polar surface area (TPSA) is 29.3 Å². The van der Waals surface area contributed by atoms with Crippen LogP contribution in [0.4, 0.5) is 5.69 Å². The van der Waals surface area contributed by atoms with E-state index in [1.807, 2.05) is 0 Å². The first-order valence-corrected chi connectivity index (χ1v) is 8.85. The molecule has 0 aliphatic carbocycles. The molecule has 0 bridgehead atoms. The van der Waals surface area contributed by atoms with Crippen LogP contribution < -0.4 is 10.6 Å². The van der Waals surface area contributed by atoms with Crippen molar-refractivity contribution in [2.24, 2.45) is 17.1 Å². The molecule has 1 aromatic carbocycles. The summed E-state index contributed by atoms with van der Waals surface area (Å²) in [6.07, 6.45) is 3.51. The summed E-state index contributed by atoms with van der Waals surface area (Å²) in [6, 6.07) is 6.91. The van der Waals surface area contributed by atoms with Crippen molar-refractivity contribution in [3.8, 4) is 0 Å². The lowest BCUT2D eigenvalue weighted by atomic mass is 9.75. The fourth-order valence-electron chi connectivity index (χ4n) is 3.29. The van der Waals surface area contributed by atoms with Crippen molar-refractivity contribution >= 4 is 21.6 Å². The minimum atomic E-state index is 0.213. The summed E-state index contributed by atoms with van der Waals surface area (Å²) < 4.78 is 1.20. The van der Waals surface area contributed by atoms with Gasteiger partial charge in [0, 0.05) is 23.6 Å². The van der Waals surface area contributed by atoms with E-state index >= 15 is 0 Å². The molecule has 1 atom stereocenters. The van der Waals surface area contributed by atoms with Crippen molar-refractivity contribution in [2.45, 2.75) is 53.0 Å². The van der Waals surface area contributed by atoms with Crippen LogP contribution in [0, 0.1) is 11.3 Å². The first-order chi connectivity index (χ1) is 9.77. The van der Waals surface area contributed by atoms with Crippen LogP contribution in [-0.2, 0) is 6.42 Å². The van der Waals surface area contributed by atoms with E-state index < -0.39 is 0 Å².